The number of anilines is 1. The van der Waals surface area contributed by atoms with E-state index in [-0.39, 0.29) is 12.5 Å². The van der Waals surface area contributed by atoms with E-state index in [1.807, 2.05) is 91.3 Å². The molecular formula is C27H23N3O3S. The smallest absolute Gasteiger partial charge is 0.348 e. The predicted octanol–water partition coefficient (Wildman–Crippen LogP) is 5.76. The maximum absolute atomic E-state index is 13.0. The molecule has 3 aromatic carbocycles. The van der Waals surface area contributed by atoms with E-state index in [1.54, 1.807) is 11.0 Å². The molecule has 34 heavy (non-hydrogen) atoms. The molecule has 5 rings (SSSR count). The second-order valence-electron chi connectivity index (χ2n) is 7.87. The van der Waals surface area contributed by atoms with Crippen LogP contribution in [0.25, 0.3) is 26.7 Å². The molecule has 0 N–H and O–H groups in total. The molecule has 0 spiro atoms. The fourth-order valence-corrected chi connectivity index (χ4v) is 5.17. The van der Waals surface area contributed by atoms with E-state index in [4.69, 9.17) is 4.74 Å². The minimum Gasteiger partial charge on any atom is -0.451 e. The molecule has 170 valence electrons. The van der Waals surface area contributed by atoms with E-state index >= 15 is 0 Å². The van der Waals surface area contributed by atoms with Gasteiger partial charge in [0.15, 0.2) is 6.61 Å². The van der Waals surface area contributed by atoms with Crippen LogP contribution in [0.15, 0.2) is 78.9 Å². The number of para-hydroxylation sites is 1. The Kier molecular flexibility index (Phi) is 5.86. The summed E-state index contributed by atoms with van der Waals surface area (Å²) >= 11 is 1.31. The van der Waals surface area contributed by atoms with Gasteiger partial charge in [0, 0.05) is 17.3 Å². The first-order valence-corrected chi connectivity index (χ1v) is 11.9. The van der Waals surface area contributed by atoms with Crippen LogP contribution >= 0.6 is 11.3 Å². The van der Waals surface area contributed by atoms with Gasteiger partial charge in [-0.25, -0.2) is 9.48 Å². The Labute approximate surface area is 201 Å². The fraction of sp³-hybridized carbons (Fsp3) is 0.148. The third-order valence-corrected chi connectivity index (χ3v) is 6.84. The Morgan fingerprint density at radius 3 is 2.50 bits per heavy atom. The van der Waals surface area contributed by atoms with E-state index in [1.165, 1.54) is 11.3 Å². The highest BCUT2D eigenvalue weighted by molar-refractivity contribution is 7.20. The van der Waals surface area contributed by atoms with Crippen LogP contribution in [0.1, 0.15) is 22.3 Å². The number of esters is 1. The summed E-state index contributed by atoms with van der Waals surface area (Å²) in [6.45, 7) is 3.97. The third-order valence-electron chi connectivity index (χ3n) is 5.75. The van der Waals surface area contributed by atoms with Gasteiger partial charge in [-0.15, -0.1) is 11.3 Å². The minimum atomic E-state index is -0.512. The van der Waals surface area contributed by atoms with Crippen molar-refractivity contribution in [2.45, 2.75) is 13.8 Å². The van der Waals surface area contributed by atoms with Crippen molar-refractivity contribution in [3.8, 4) is 5.69 Å². The number of carbonyl (C=O) groups is 2. The fourth-order valence-electron chi connectivity index (χ4n) is 4.09. The number of carbonyl (C=O) groups excluding carboxylic acids is 2. The molecule has 2 heterocycles. The number of nitrogens with zero attached hydrogens (tertiary/aromatic N) is 3. The number of aryl methyl sites for hydroxylation is 1. The van der Waals surface area contributed by atoms with Crippen molar-refractivity contribution < 1.29 is 14.3 Å². The SMILES string of the molecule is CCN(C(=O)COC(=O)c1cc2c(C)nn(-c3ccccc3)c2s1)c1cccc2ccccc12. The van der Waals surface area contributed by atoms with Crippen LogP contribution in [0, 0.1) is 6.92 Å². The molecule has 0 fully saturated rings. The molecule has 0 atom stereocenters. The number of rotatable bonds is 6. The van der Waals surface area contributed by atoms with Crippen molar-refractivity contribution in [3.05, 3.63) is 89.4 Å². The summed E-state index contributed by atoms with van der Waals surface area (Å²) in [5.74, 6) is -0.775. The Morgan fingerprint density at radius 1 is 0.971 bits per heavy atom. The summed E-state index contributed by atoms with van der Waals surface area (Å²) in [5, 5.41) is 7.54. The van der Waals surface area contributed by atoms with E-state index in [0.717, 1.165) is 38.1 Å². The van der Waals surface area contributed by atoms with E-state index in [9.17, 15) is 9.59 Å². The largest absolute Gasteiger partial charge is 0.451 e. The lowest BCUT2D eigenvalue weighted by Crippen LogP contribution is -2.34. The minimum absolute atomic E-state index is 0.264. The van der Waals surface area contributed by atoms with Gasteiger partial charge in [0.05, 0.1) is 17.1 Å². The van der Waals surface area contributed by atoms with Gasteiger partial charge in [-0.2, -0.15) is 5.10 Å². The molecule has 0 radical (unpaired) electrons. The number of aromatic nitrogens is 2. The molecule has 0 aliphatic rings. The molecule has 6 nitrogen and oxygen atoms in total. The molecule has 0 saturated carbocycles. The highest BCUT2D eigenvalue weighted by Crippen LogP contribution is 2.31. The molecule has 1 amide bonds. The molecule has 0 aliphatic carbocycles. The molecule has 2 aromatic heterocycles. The maximum Gasteiger partial charge on any atom is 0.348 e. The van der Waals surface area contributed by atoms with E-state index in [0.29, 0.717) is 11.4 Å². The second-order valence-corrected chi connectivity index (χ2v) is 8.91. The van der Waals surface area contributed by atoms with Gasteiger partial charge in [0.1, 0.15) is 9.71 Å². The van der Waals surface area contributed by atoms with Gasteiger partial charge in [0.25, 0.3) is 5.91 Å². The lowest BCUT2D eigenvalue weighted by Gasteiger charge is -2.22. The van der Waals surface area contributed by atoms with E-state index in [2.05, 4.69) is 5.10 Å². The summed E-state index contributed by atoms with van der Waals surface area (Å²) < 4.78 is 7.27. The van der Waals surface area contributed by atoms with Crippen LogP contribution in [-0.4, -0.2) is 34.8 Å². The molecule has 0 aliphatic heterocycles. The van der Waals surface area contributed by atoms with Crippen molar-refractivity contribution >= 4 is 49.9 Å². The van der Waals surface area contributed by atoms with Crippen molar-refractivity contribution in [2.75, 3.05) is 18.1 Å². The first-order valence-electron chi connectivity index (χ1n) is 11.1. The Hall–Kier alpha value is -3.97. The van der Waals surface area contributed by atoms with Crippen LogP contribution in [0.5, 0.6) is 0 Å². The monoisotopic (exact) mass is 469 g/mol. The highest BCUT2D eigenvalue weighted by atomic mass is 32.1. The van der Waals surface area contributed by atoms with Crippen molar-refractivity contribution in [1.29, 1.82) is 0 Å². The first-order chi connectivity index (χ1) is 16.6. The molecule has 5 aromatic rings. The third kappa shape index (κ3) is 3.95. The highest BCUT2D eigenvalue weighted by Gasteiger charge is 2.21. The van der Waals surface area contributed by atoms with Crippen LogP contribution in [0.4, 0.5) is 5.69 Å². The first kappa shape index (κ1) is 21.9. The number of thiophene rings is 1. The van der Waals surface area contributed by atoms with Gasteiger partial charge in [-0.05, 0) is 43.5 Å². The average Bonchev–Trinajstić information content (AvgIpc) is 3.44. The van der Waals surface area contributed by atoms with Crippen LogP contribution < -0.4 is 4.90 Å². The number of likely N-dealkylation sites (N-methyl/N-ethyl adjacent to an activating group) is 1. The lowest BCUT2D eigenvalue weighted by atomic mass is 10.1. The van der Waals surface area contributed by atoms with E-state index < -0.39 is 5.97 Å². The molecule has 0 saturated heterocycles. The predicted molar refractivity (Wildman–Crippen MR) is 136 cm³/mol. The number of fused-ring (bicyclic) bond motifs is 2. The number of benzene rings is 3. The van der Waals surface area contributed by atoms with Gasteiger partial charge < -0.3 is 9.64 Å². The summed E-state index contributed by atoms with van der Waals surface area (Å²) in [4.78, 5) is 28.8. The summed E-state index contributed by atoms with van der Waals surface area (Å²) in [7, 11) is 0. The molecule has 0 unspecified atom stereocenters. The Bertz CT molecular complexity index is 1500. The van der Waals surface area contributed by atoms with Crippen molar-refractivity contribution in [2.24, 2.45) is 0 Å². The number of hydrogen-bond donors (Lipinski definition) is 0. The Morgan fingerprint density at radius 2 is 1.71 bits per heavy atom. The normalized spacial score (nSPS) is 11.1. The topological polar surface area (TPSA) is 64.4 Å². The number of amides is 1. The zero-order valence-corrected chi connectivity index (χ0v) is 19.7. The van der Waals surface area contributed by atoms with Crippen molar-refractivity contribution in [3.63, 3.8) is 0 Å². The van der Waals surface area contributed by atoms with Crippen LogP contribution in [0.2, 0.25) is 0 Å². The maximum atomic E-state index is 13.0. The average molecular weight is 470 g/mol. The summed E-state index contributed by atoms with van der Waals surface area (Å²) in [6.07, 6.45) is 0. The zero-order valence-electron chi connectivity index (χ0n) is 18.9. The molecular weight excluding hydrogens is 446 g/mol. The standard InChI is InChI=1S/C27H23N3O3S/c1-3-29(23-15-9-11-19-10-7-8-14-21(19)23)25(31)17-33-27(32)24-16-22-18(2)28-30(26(22)34-24)20-12-5-4-6-13-20/h4-16H,3,17H2,1-2H3. The van der Waals surface area contributed by atoms with Crippen LogP contribution in [-0.2, 0) is 9.53 Å². The number of ether oxygens (including phenoxy) is 1. The molecule has 0 bridgehead atoms. The van der Waals surface area contributed by atoms with Gasteiger partial charge in [0.2, 0.25) is 0 Å². The zero-order chi connectivity index (χ0) is 23.7. The van der Waals surface area contributed by atoms with Gasteiger partial charge >= 0.3 is 5.97 Å². The summed E-state index contributed by atoms with van der Waals surface area (Å²) in [6, 6.07) is 25.3. The van der Waals surface area contributed by atoms with Gasteiger partial charge in [-0.1, -0.05) is 54.6 Å². The lowest BCUT2D eigenvalue weighted by molar-refractivity contribution is -0.121. The van der Waals surface area contributed by atoms with Gasteiger partial charge in [-0.3, -0.25) is 4.79 Å². The van der Waals surface area contributed by atoms with Crippen LogP contribution in [0.3, 0.4) is 0 Å². The quantitative estimate of drug-likeness (QED) is 0.297. The number of hydrogen-bond acceptors (Lipinski definition) is 5. The second kappa shape index (κ2) is 9.11. The van der Waals surface area contributed by atoms with Crippen molar-refractivity contribution in [1.82, 2.24) is 9.78 Å². The molecule has 7 heteroatoms. The Balaban J connectivity index is 1.35. The summed E-state index contributed by atoms with van der Waals surface area (Å²) in [5.41, 5.74) is 2.56.